The summed E-state index contributed by atoms with van der Waals surface area (Å²) >= 11 is 0. The van der Waals surface area contributed by atoms with Crippen LogP contribution in [0.4, 0.5) is 0 Å². The van der Waals surface area contributed by atoms with Crippen LogP contribution in [0.1, 0.15) is 38.5 Å². The van der Waals surface area contributed by atoms with E-state index in [9.17, 15) is 0 Å². The Morgan fingerprint density at radius 3 is 1.25 bits per heavy atom. The lowest BCUT2D eigenvalue weighted by molar-refractivity contribution is 0.339. The lowest BCUT2D eigenvalue weighted by atomic mass is 10.0. The molecule has 2 nitrogen and oxygen atoms in total. The van der Waals surface area contributed by atoms with Crippen LogP contribution in [-0.4, -0.2) is 19.3 Å². The summed E-state index contributed by atoms with van der Waals surface area (Å²) in [7, 11) is 2.56. The monoisotopic (exact) mass is 174 g/mol. The molecule has 1 aliphatic carbocycles. The van der Waals surface area contributed by atoms with Crippen molar-refractivity contribution in [3.63, 3.8) is 0 Å². The summed E-state index contributed by atoms with van der Waals surface area (Å²) < 4.78 is 4.31. The summed E-state index contributed by atoms with van der Waals surface area (Å²) in [5, 5.41) is 7.00. The highest BCUT2D eigenvalue weighted by molar-refractivity contribution is 4.51. The quantitative estimate of drug-likeness (QED) is 0.619. The summed E-state index contributed by atoms with van der Waals surface area (Å²) in [6, 6.07) is 0. The summed E-state index contributed by atoms with van der Waals surface area (Å²) in [6.07, 6.45) is 10.4. The third-order valence-electron chi connectivity index (χ3n) is 1.67. The smallest absolute Gasteiger partial charge is 0.0766 e. The van der Waals surface area contributed by atoms with Gasteiger partial charge in [0.1, 0.15) is 0 Å². The summed E-state index contributed by atoms with van der Waals surface area (Å²) in [5.74, 6) is 0. The molecule has 0 unspecified atom stereocenters. The van der Waals surface area contributed by atoms with E-state index in [1.165, 1.54) is 44.8 Å². The Labute approximate surface area is 76.2 Å². The minimum absolute atomic E-state index is 1.00. The van der Waals surface area contributed by atoms with Crippen molar-refractivity contribution in [3.05, 3.63) is 12.8 Å². The van der Waals surface area contributed by atoms with Crippen molar-refractivity contribution < 1.29 is 9.84 Å². The lowest BCUT2D eigenvalue weighted by Crippen LogP contribution is -1.85. The van der Waals surface area contributed by atoms with Gasteiger partial charge >= 0.3 is 0 Å². The van der Waals surface area contributed by atoms with E-state index in [0.29, 0.717) is 0 Å². The van der Waals surface area contributed by atoms with Crippen molar-refractivity contribution in [1.82, 2.24) is 0 Å². The summed E-state index contributed by atoms with van der Waals surface area (Å²) in [6.45, 7) is 3.26. The Morgan fingerprint density at radius 2 is 1.17 bits per heavy atom. The molecule has 0 atom stereocenters. The van der Waals surface area contributed by atoms with Crippen molar-refractivity contribution in [2.45, 2.75) is 38.5 Å². The first-order chi connectivity index (χ1) is 5.91. The van der Waals surface area contributed by atoms with E-state index < -0.39 is 0 Å². The second-order valence-electron chi connectivity index (χ2n) is 2.52. The molecule has 74 valence electrons. The predicted octanol–water partition coefficient (Wildman–Crippen LogP) is 2.73. The highest BCUT2D eigenvalue weighted by Gasteiger charge is 1.95. The Bertz CT molecular complexity index is 56.7. The number of hydrogen-bond acceptors (Lipinski definition) is 2. The van der Waals surface area contributed by atoms with Crippen LogP contribution in [-0.2, 0) is 4.74 Å². The molecule has 0 aromatic heterocycles. The van der Waals surface area contributed by atoms with E-state index in [2.05, 4.69) is 11.3 Å². The van der Waals surface area contributed by atoms with Gasteiger partial charge in [-0.2, -0.15) is 0 Å². The van der Waals surface area contributed by atoms with E-state index in [-0.39, 0.29) is 0 Å². The van der Waals surface area contributed by atoms with Gasteiger partial charge in [0, 0.05) is 7.11 Å². The zero-order chi connectivity index (χ0) is 9.66. The van der Waals surface area contributed by atoms with Crippen LogP contribution in [0.2, 0.25) is 0 Å². The van der Waals surface area contributed by atoms with Crippen molar-refractivity contribution in [1.29, 1.82) is 0 Å². The molecular formula is C10H22O2. The highest BCUT2D eigenvalue weighted by Crippen LogP contribution is 2.15. The number of rotatable bonds is 1. The van der Waals surface area contributed by atoms with Gasteiger partial charge in [0.2, 0.25) is 0 Å². The van der Waals surface area contributed by atoms with Crippen LogP contribution in [0.5, 0.6) is 0 Å². The first kappa shape index (κ1) is 14.0. The number of ether oxygens (including phenoxy) is 1. The second kappa shape index (κ2) is 16.8. The van der Waals surface area contributed by atoms with Crippen LogP contribution in [0.15, 0.2) is 12.8 Å². The molecule has 0 aliphatic heterocycles. The third-order valence-corrected chi connectivity index (χ3v) is 1.67. The molecule has 0 saturated heterocycles. The van der Waals surface area contributed by atoms with Crippen molar-refractivity contribution in [2.24, 2.45) is 0 Å². The van der Waals surface area contributed by atoms with Gasteiger partial charge in [0.25, 0.3) is 0 Å². The van der Waals surface area contributed by atoms with Gasteiger partial charge in [-0.15, -0.1) is 0 Å². The molecule has 0 heterocycles. The van der Waals surface area contributed by atoms with Gasteiger partial charge in [-0.05, 0) is 0 Å². The van der Waals surface area contributed by atoms with Crippen LogP contribution in [0.3, 0.4) is 0 Å². The average Bonchev–Trinajstić information content (AvgIpc) is 2.24. The first-order valence-electron chi connectivity index (χ1n) is 4.50. The number of aliphatic hydroxyl groups excluding tert-OH is 1. The molecule has 0 bridgehead atoms. The largest absolute Gasteiger partial charge is 0.505 e. The number of hydrogen-bond donors (Lipinski definition) is 1. The minimum Gasteiger partial charge on any atom is -0.505 e. The van der Waals surface area contributed by atoms with Crippen LogP contribution < -0.4 is 0 Å². The van der Waals surface area contributed by atoms with Crippen molar-refractivity contribution >= 4 is 0 Å². The molecule has 1 aliphatic rings. The van der Waals surface area contributed by atoms with Gasteiger partial charge < -0.3 is 9.84 Å². The fraction of sp³-hybridized carbons (Fsp3) is 0.800. The van der Waals surface area contributed by atoms with E-state index in [0.717, 1.165) is 7.11 Å². The SMILES string of the molecule is C1CCCCC1.C=COC.CO. The predicted molar refractivity (Wildman–Crippen MR) is 53.1 cm³/mol. The maximum atomic E-state index is 7.00. The van der Waals surface area contributed by atoms with Crippen LogP contribution in [0.25, 0.3) is 0 Å². The van der Waals surface area contributed by atoms with Gasteiger partial charge in [0.05, 0.1) is 13.4 Å². The van der Waals surface area contributed by atoms with E-state index in [1.807, 2.05) is 0 Å². The average molecular weight is 174 g/mol. The van der Waals surface area contributed by atoms with Gasteiger partial charge in [-0.3, -0.25) is 0 Å². The van der Waals surface area contributed by atoms with Gasteiger partial charge in [0.15, 0.2) is 0 Å². The van der Waals surface area contributed by atoms with Crippen molar-refractivity contribution in [2.75, 3.05) is 14.2 Å². The van der Waals surface area contributed by atoms with Crippen LogP contribution in [0, 0.1) is 0 Å². The minimum atomic E-state index is 1.00. The lowest BCUT2D eigenvalue weighted by Gasteiger charge is -2.05. The summed E-state index contributed by atoms with van der Waals surface area (Å²) in [4.78, 5) is 0. The van der Waals surface area contributed by atoms with E-state index in [4.69, 9.17) is 5.11 Å². The standard InChI is InChI=1S/C6H12.C3H6O.CH4O/c1-2-4-6-5-3-1;1-3-4-2;1-2/h1-6H2;3H,1H2,2H3;2H,1H3. The molecule has 12 heavy (non-hydrogen) atoms. The molecule has 1 rings (SSSR count). The Hall–Kier alpha value is -0.500. The fourth-order valence-electron chi connectivity index (χ4n) is 1.06. The highest BCUT2D eigenvalue weighted by atomic mass is 16.5. The first-order valence-corrected chi connectivity index (χ1v) is 4.50. The Kier molecular flexibility index (Phi) is 19.7. The fourth-order valence-corrected chi connectivity index (χ4v) is 1.06. The van der Waals surface area contributed by atoms with Gasteiger partial charge in [-0.1, -0.05) is 45.1 Å². The second-order valence-corrected chi connectivity index (χ2v) is 2.52. The Morgan fingerprint density at radius 1 is 1.00 bits per heavy atom. The maximum absolute atomic E-state index is 7.00. The molecule has 1 saturated carbocycles. The normalized spacial score (nSPS) is 14.2. The van der Waals surface area contributed by atoms with Crippen molar-refractivity contribution in [3.8, 4) is 0 Å². The maximum Gasteiger partial charge on any atom is 0.0766 e. The molecule has 1 fully saturated rings. The van der Waals surface area contributed by atoms with Gasteiger partial charge in [-0.25, -0.2) is 0 Å². The summed E-state index contributed by atoms with van der Waals surface area (Å²) in [5.41, 5.74) is 0. The number of methoxy groups -OCH3 is 1. The number of aliphatic hydroxyl groups is 1. The zero-order valence-corrected chi connectivity index (χ0v) is 8.38. The molecule has 0 aromatic rings. The van der Waals surface area contributed by atoms with Crippen LogP contribution >= 0.6 is 0 Å². The molecule has 2 heteroatoms. The van der Waals surface area contributed by atoms with E-state index >= 15 is 0 Å². The van der Waals surface area contributed by atoms with E-state index in [1.54, 1.807) is 7.11 Å². The molecule has 0 spiro atoms. The topological polar surface area (TPSA) is 29.5 Å². The third kappa shape index (κ3) is 16.2. The molecule has 0 aromatic carbocycles. The molecule has 0 radical (unpaired) electrons. The Balaban J connectivity index is 0. The zero-order valence-electron chi connectivity index (χ0n) is 8.38. The molecular weight excluding hydrogens is 152 g/mol. The molecule has 0 amide bonds. The molecule has 1 N–H and O–H groups in total.